The zero-order chi connectivity index (χ0) is 21.1. The molecule has 0 unspecified atom stereocenters. The highest BCUT2D eigenvalue weighted by molar-refractivity contribution is 7.22. The maximum absolute atomic E-state index is 12.6. The van der Waals surface area contributed by atoms with Gasteiger partial charge in [0.25, 0.3) is 5.91 Å². The molecule has 0 atom stereocenters. The third-order valence-electron chi connectivity index (χ3n) is 4.68. The van der Waals surface area contributed by atoms with Gasteiger partial charge in [0.1, 0.15) is 5.52 Å². The van der Waals surface area contributed by atoms with Gasteiger partial charge in [-0.15, -0.1) is 0 Å². The molecule has 0 radical (unpaired) electrons. The normalized spacial score (nSPS) is 13.7. The molecule has 0 bridgehead atoms. The number of amides is 1. The second-order valence-corrected chi connectivity index (χ2v) is 7.65. The van der Waals surface area contributed by atoms with E-state index >= 15 is 0 Å². The molecule has 0 fully saturated rings. The minimum Gasteiger partial charge on any atom is -0.481 e. The zero-order valence-corrected chi connectivity index (χ0v) is 17.0. The molecule has 0 aliphatic carbocycles. The SMILES string of the molecule is COc1ncc(C2=CCOCC2)c2sc(NC(=O)c3ccc(CC(=O)O)cc3)nc12. The lowest BCUT2D eigenvalue weighted by atomic mass is 10.0. The Morgan fingerprint density at radius 3 is 2.77 bits per heavy atom. The molecule has 154 valence electrons. The number of benzene rings is 1. The van der Waals surface area contributed by atoms with Crippen LogP contribution in [0.1, 0.15) is 27.9 Å². The maximum Gasteiger partial charge on any atom is 0.307 e. The van der Waals surface area contributed by atoms with Crippen molar-refractivity contribution < 1.29 is 24.2 Å². The number of rotatable bonds is 6. The lowest BCUT2D eigenvalue weighted by molar-refractivity contribution is -0.136. The fourth-order valence-corrected chi connectivity index (χ4v) is 4.21. The van der Waals surface area contributed by atoms with Gasteiger partial charge in [-0.3, -0.25) is 14.9 Å². The lowest BCUT2D eigenvalue weighted by Gasteiger charge is -2.14. The monoisotopic (exact) mass is 425 g/mol. The Bertz CT molecular complexity index is 1140. The first-order valence-corrected chi connectivity index (χ1v) is 10.1. The number of carboxylic acid groups (broad SMARTS) is 1. The van der Waals surface area contributed by atoms with Gasteiger partial charge in [0.05, 0.1) is 31.4 Å². The van der Waals surface area contributed by atoms with E-state index < -0.39 is 5.97 Å². The third kappa shape index (κ3) is 4.17. The first-order chi connectivity index (χ1) is 14.5. The number of hydrogen-bond donors (Lipinski definition) is 2. The number of carbonyl (C=O) groups is 2. The van der Waals surface area contributed by atoms with E-state index in [-0.39, 0.29) is 12.3 Å². The Morgan fingerprint density at radius 2 is 2.10 bits per heavy atom. The van der Waals surface area contributed by atoms with Crippen LogP contribution in [0, 0.1) is 0 Å². The molecular formula is C21H19N3O5S. The first-order valence-electron chi connectivity index (χ1n) is 9.28. The van der Waals surface area contributed by atoms with Gasteiger partial charge in [-0.2, -0.15) is 0 Å². The van der Waals surface area contributed by atoms with Gasteiger partial charge < -0.3 is 14.6 Å². The van der Waals surface area contributed by atoms with Crippen LogP contribution in [0.2, 0.25) is 0 Å². The van der Waals surface area contributed by atoms with Crippen LogP contribution >= 0.6 is 11.3 Å². The molecule has 9 heteroatoms. The summed E-state index contributed by atoms with van der Waals surface area (Å²) in [5.74, 6) is -0.842. The second-order valence-electron chi connectivity index (χ2n) is 6.65. The largest absolute Gasteiger partial charge is 0.481 e. The molecule has 0 spiro atoms. The molecule has 1 amide bonds. The number of carboxylic acids is 1. The summed E-state index contributed by atoms with van der Waals surface area (Å²) in [5.41, 5.74) is 3.74. The quantitative estimate of drug-likeness (QED) is 0.623. The predicted octanol–water partition coefficient (Wildman–Crippen LogP) is 3.38. The Hall–Kier alpha value is -3.30. The highest BCUT2D eigenvalue weighted by atomic mass is 32.1. The summed E-state index contributed by atoms with van der Waals surface area (Å²) in [6.07, 6.45) is 4.49. The highest BCUT2D eigenvalue weighted by Crippen LogP contribution is 2.37. The van der Waals surface area contributed by atoms with Gasteiger partial charge >= 0.3 is 5.97 Å². The molecule has 0 saturated heterocycles. The van der Waals surface area contributed by atoms with E-state index in [1.54, 1.807) is 30.5 Å². The fourth-order valence-electron chi connectivity index (χ4n) is 3.21. The van der Waals surface area contributed by atoms with Gasteiger partial charge in [0.15, 0.2) is 5.13 Å². The number of carbonyl (C=O) groups excluding carboxylic acids is 1. The Kier molecular flexibility index (Phi) is 5.73. The third-order valence-corrected chi connectivity index (χ3v) is 5.68. The molecule has 8 nitrogen and oxygen atoms in total. The van der Waals surface area contributed by atoms with E-state index in [1.807, 2.05) is 6.08 Å². The number of aliphatic carboxylic acids is 1. The van der Waals surface area contributed by atoms with Crippen LogP contribution in [0.3, 0.4) is 0 Å². The van der Waals surface area contributed by atoms with Crippen molar-refractivity contribution in [2.75, 3.05) is 25.6 Å². The number of fused-ring (bicyclic) bond motifs is 1. The average molecular weight is 425 g/mol. The van der Waals surface area contributed by atoms with Gasteiger partial charge in [0, 0.05) is 17.3 Å². The molecule has 1 aliphatic rings. The van der Waals surface area contributed by atoms with Crippen molar-refractivity contribution in [3.05, 3.63) is 53.2 Å². The molecule has 3 heterocycles. The van der Waals surface area contributed by atoms with Gasteiger partial charge in [-0.05, 0) is 29.7 Å². The van der Waals surface area contributed by atoms with Gasteiger partial charge in [-0.25, -0.2) is 9.97 Å². The molecule has 3 aromatic rings. The Labute approximate surface area is 176 Å². The molecule has 1 aliphatic heterocycles. The summed E-state index contributed by atoms with van der Waals surface area (Å²) in [6, 6.07) is 6.46. The zero-order valence-electron chi connectivity index (χ0n) is 16.2. The molecule has 30 heavy (non-hydrogen) atoms. The van der Waals surface area contributed by atoms with Crippen LogP contribution in [0.5, 0.6) is 5.88 Å². The molecule has 1 aromatic carbocycles. The van der Waals surface area contributed by atoms with E-state index in [0.717, 1.165) is 22.3 Å². The number of aromatic nitrogens is 2. The van der Waals surface area contributed by atoms with Crippen molar-refractivity contribution in [2.45, 2.75) is 12.8 Å². The van der Waals surface area contributed by atoms with E-state index in [9.17, 15) is 9.59 Å². The van der Waals surface area contributed by atoms with Crippen molar-refractivity contribution in [1.82, 2.24) is 9.97 Å². The fraction of sp³-hybridized carbons (Fsp3) is 0.238. The number of methoxy groups -OCH3 is 1. The molecule has 0 saturated carbocycles. The van der Waals surface area contributed by atoms with E-state index in [0.29, 0.717) is 40.9 Å². The number of pyridine rings is 1. The Morgan fingerprint density at radius 1 is 1.30 bits per heavy atom. The summed E-state index contributed by atoms with van der Waals surface area (Å²) in [6.45, 7) is 1.21. The van der Waals surface area contributed by atoms with Crippen molar-refractivity contribution in [1.29, 1.82) is 0 Å². The maximum atomic E-state index is 12.6. The van der Waals surface area contributed by atoms with Crippen molar-refractivity contribution in [2.24, 2.45) is 0 Å². The first kappa shape index (κ1) is 20.0. The number of anilines is 1. The number of thiazole rings is 1. The summed E-state index contributed by atoms with van der Waals surface area (Å²) in [7, 11) is 1.53. The molecular weight excluding hydrogens is 406 g/mol. The van der Waals surface area contributed by atoms with Crippen LogP contribution in [0.4, 0.5) is 5.13 Å². The Balaban J connectivity index is 1.62. The van der Waals surface area contributed by atoms with Crippen LogP contribution in [-0.2, 0) is 16.0 Å². The number of nitrogens with one attached hydrogen (secondary N) is 1. The molecule has 2 N–H and O–H groups in total. The van der Waals surface area contributed by atoms with Gasteiger partial charge in [-0.1, -0.05) is 29.5 Å². The minimum atomic E-state index is -0.917. The smallest absolute Gasteiger partial charge is 0.307 e. The van der Waals surface area contributed by atoms with E-state index in [1.165, 1.54) is 18.4 Å². The minimum absolute atomic E-state index is 0.0871. The molecule has 4 rings (SSSR count). The van der Waals surface area contributed by atoms with Crippen LogP contribution in [0.15, 0.2) is 36.5 Å². The van der Waals surface area contributed by atoms with Crippen molar-refractivity contribution in [3.8, 4) is 5.88 Å². The summed E-state index contributed by atoms with van der Waals surface area (Å²) < 4.78 is 11.6. The van der Waals surface area contributed by atoms with E-state index in [2.05, 4.69) is 15.3 Å². The highest BCUT2D eigenvalue weighted by Gasteiger charge is 2.19. The van der Waals surface area contributed by atoms with Crippen LogP contribution in [0.25, 0.3) is 15.8 Å². The topological polar surface area (TPSA) is 111 Å². The lowest BCUT2D eigenvalue weighted by Crippen LogP contribution is -2.11. The summed E-state index contributed by atoms with van der Waals surface area (Å²) >= 11 is 1.36. The molecule has 2 aromatic heterocycles. The number of ether oxygens (including phenoxy) is 2. The average Bonchev–Trinajstić information content (AvgIpc) is 3.17. The van der Waals surface area contributed by atoms with E-state index in [4.69, 9.17) is 14.6 Å². The predicted molar refractivity (Wildman–Crippen MR) is 113 cm³/mol. The summed E-state index contributed by atoms with van der Waals surface area (Å²) in [5, 5.41) is 12.1. The number of nitrogens with zero attached hydrogens (tertiary/aromatic N) is 2. The van der Waals surface area contributed by atoms with Crippen molar-refractivity contribution in [3.63, 3.8) is 0 Å². The van der Waals surface area contributed by atoms with Crippen molar-refractivity contribution >= 4 is 44.1 Å². The summed E-state index contributed by atoms with van der Waals surface area (Å²) in [4.78, 5) is 32.3. The van der Waals surface area contributed by atoms with Gasteiger partial charge in [0.2, 0.25) is 5.88 Å². The number of hydrogen-bond acceptors (Lipinski definition) is 7. The van der Waals surface area contributed by atoms with Crippen LogP contribution < -0.4 is 10.1 Å². The second kappa shape index (κ2) is 8.60. The standard InChI is InChI=1S/C21H19N3O5S/c1-28-20-17-18(15(11-22-20)13-6-8-29-9-7-13)30-21(23-17)24-19(27)14-4-2-12(3-5-14)10-16(25)26/h2-6,11H,7-10H2,1H3,(H,25,26)(H,23,24,27). The van der Waals surface area contributed by atoms with Crippen LogP contribution in [-0.4, -0.2) is 47.3 Å².